The Balaban J connectivity index is 1.80. The first-order valence-electron chi connectivity index (χ1n) is 11.3. The summed E-state index contributed by atoms with van der Waals surface area (Å²) in [5, 5.41) is 11.4. The fourth-order valence-electron chi connectivity index (χ4n) is 4.02. The molecule has 3 rings (SSSR count). The molecule has 2 unspecified atom stereocenters. The third-order valence-corrected chi connectivity index (χ3v) is 5.96. The Kier molecular flexibility index (Phi) is 8.61. The highest BCUT2D eigenvalue weighted by Gasteiger charge is 2.44. The average molecular weight is 487 g/mol. The van der Waals surface area contributed by atoms with Crippen LogP contribution in [0.2, 0.25) is 0 Å². The quantitative estimate of drug-likeness (QED) is 0.192. The number of allylic oxidation sites excluding steroid dienone is 2. The third kappa shape index (κ3) is 5.87. The van der Waals surface area contributed by atoms with Crippen molar-refractivity contribution in [2.24, 2.45) is 0 Å². The molecule has 188 valence electrons. The van der Waals surface area contributed by atoms with Gasteiger partial charge >= 0.3 is 6.09 Å². The SMILES string of the molecule is CNC(=O)C(C(=O)NO)N(C)C(=O)C1(OCCCN2CCOC2=O)C=CC(c2ccccc2)=CC1. The predicted octanol–water partition coefficient (Wildman–Crippen LogP) is 0.706. The van der Waals surface area contributed by atoms with E-state index in [1.54, 1.807) is 17.1 Å². The average Bonchev–Trinajstić information content (AvgIpc) is 3.31. The monoisotopic (exact) mass is 486 g/mol. The molecule has 2 atom stereocenters. The number of rotatable bonds is 10. The summed E-state index contributed by atoms with van der Waals surface area (Å²) in [6.45, 7) is 1.38. The number of benzene rings is 1. The smallest absolute Gasteiger partial charge is 0.409 e. The van der Waals surface area contributed by atoms with Gasteiger partial charge < -0.3 is 24.6 Å². The van der Waals surface area contributed by atoms with Gasteiger partial charge in [-0.15, -0.1) is 0 Å². The fourth-order valence-corrected chi connectivity index (χ4v) is 4.02. The lowest BCUT2D eigenvalue weighted by molar-refractivity contribution is -0.160. The molecule has 1 fully saturated rings. The maximum absolute atomic E-state index is 13.6. The molecule has 1 saturated heterocycles. The van der Waals surface area contributed by atoms with Gasteiger partial charge in [0.2, 0.25) is 0 Å². The van der Waals surface area contributed by atoms with Crippen molar-refractivity contribution in [2.45, 2.75) is 24.5 Å². The Morgan fingerprint density at radius 2 is 2.00 bits per heavy atom. The van der Waals surface area contributed by atoms with Gasteiger partial charge in [-0.3, -0.25) is 19.6 Å². The van der Waals surface area contributed by atoms with E-state index in [4.69, 9.17) is 14.7 Å². The Bertz CT molecular complexity index is 994. The van der Waals surface area contributed by atoms with Crippen LogP contribution in [0, 0.1) is 0 Å². The van der Waals surface area contributed by atoms with Crippen molar-refractivity contribution in [3.05, 3.63) is 54.1 Å². The summed E-state index contributed by atoms with van der Waals surface area (Å²) in [7, 11) is 2.62. The molecule has 1 aromatic carbocycles. The fraction of sp³-hybridized carbons (Fsp3) is 0.417. The van der Waals surface area contributed by atoms with Gasteiger partial charge in [-0.25, -0.2) is 10.3 Å². The van der Waals surface area contributed by atoms with Gasteiger partial charge in [-0.05, 0) is 23.6 Å². The summed E-state index contributed by atoms with van der Waals surface area (Å²) in [6, 6.07) is 8.01. The molecule has 3 N–H and O–H groups in total. The lowest BCUT2D eigenvalue weighted by Crippen LogP contribution is -2.60. The van der Waals surface area contributed by atoms with Crippen molar-refractivity contribution in [1.82, 2.24) is 20.6 Å². The molecular formula is C24H30N4O7. The van der Waals surface area contributed by atoms with Crippen molar-refractivity contribution in [3.8, 4) is 0 Å². The zero-order valence-corrected chi connectivity index (χ0v) is 19.7. The number of hydrogen-bond donors (Lipinski definition) is 3. The number of carbonyl (C=O) groups excluding carboxylic acids is 4. The van der Waals surface area contributed by atoms with Gasteiger partial charge in [-0.2, -0.15) is 0 Å². The molecule has 1 heterocycles. The van der Waals surface area contributed by atoms with E-state index < -0.39 is 29.4 Å². The van der Waals surface area contributed by atoms with Gasteiger partial charge in [0.1, 0.15) is 6.61 Å². The predicted molar refractivity (Wildman–Crippen MR) is 125 cm³/mol. The second kappa shape index (κ2) is 11.6. The molecule has 0 saturated carbocycles. The van der Waals surface area contributed by atoms with Gasteiger partial charge in [0, 0.05) is 27.1 Å². The third-order valence-electron chi connectivity index (χ3n) is 5.96. The molecule has 0 aromatic heterocycles. The lowest BCUT2D eigenvalue weighted by Gasteiger charge is -2.37. The van der Waals surface area contributed by atoms with E-state index in [9.17, 15) is 19.2 Å². The van der Waals surface area contributed by atoms with Gasteiger partial charge in [-0.1, -0.05) is 42.5 Å². The number of nitrogens with one attached hydrogen (secondary N) is 2. The molecule has 35 heavy (non-hydrogen) atoms. The molecule has 0 spiro atoms. The Morgan fingerprint density at radius 3 is 2.57 bits per heavy atom. The Morgan fingerprint density at radius 1 is 1.26 bits per heavy atom. The molecule has 1 aliphatic heterocycles. The zero-order chi connectivity index (χ0) is 25.4. The molecular weight excluding hydrogens is 456 g/mol. The van der Waals surface area contributed by atoms with Crippen LogP contribution in [0.3, 0.4) is 0 Å². The second-order valence-electron chi connectivity index (χ2n) is 8.16. The van der Waals surface area contributed by atoms with E-state index >= 15 is 0 Å². The summed E-state index contributed by atoms with van der Waals surface area (Å²) >= 11 is 0. The molecule has 0 radical (unpaired) electrons. The Labute approximate surface area is 203 Å². The van der Waals surface area contributed by atoms with E-state index in [1.165, 1.54) is 19.6 Å². The van der Waals surface area contributed by atoms with Gasteiger partial charge in [0.05, 0.1) is 13.2 Å². The van der Waals surface area contributed by atoms with Crippen molar-refractivity contribution >= 4 is 29.4 Å². The highest BCUT2D eigenvalue weighted by Crippen LogP contribution is 2.32. The number of cyclic esters (lactones) is 1. The normalized spacial score (nSPS) is 20.0. The zero-order valence-electron chi connectivity index (χ0n) is 19.7. The van der Waals surface area contributed by atoms with Crippen molar-refractivity contribution in [2.75, 3.05) is 40.4 Å². The van der Waals surface area contributed by atoms with Crippen molar-refractivity contribution in [3.63, 3.8) is 0 Å². The minimum Gasteiger partial charge on any atom is -0.448 e. The van der Waals surface area contributed by atoms with Crippen LogP contribution < -0.4 is 10.8 Å². The number of ether oxygens (including phenoxy) is 2. The summed E-state index contributed by atoms with van der Waals surface area (Å²) < 4.78 is 11.0. The van der Waals surface area contributed by atoms with Crippen LogP contribution in [0.4, 0.5) is 4.79 Å². The van der Waals surface area contributed by atoms with E-state index in [0.717, 1.165) is 16.0 Å². The largest absolute Gasteiger partial charge is 0.448 e. The summed E-state index contributed by atoms with van der Waals surface area (Å²) in [5.74, 6) is -2.45. The number of carbonyl (C=O) groups is 4. The molecule has 0 bridgehead atoms. The van der Waals surface area contributed by atoms with E-state index in [0.29, 0.717) is 26.1 Å². The number of amides is 4. The van der Waals surface area contributed by atoms with Crippen molar-refractivity contribution < 1.29 is 33.9 Å². The Hall–Kier alpha value is -3.70. The van der Waals surface area contributed by atoms with Crippen LogP contribution in [0.15, 0.2) is 48.6 Å². The summed E-state index contributed by atoms with van der Waals surface area (Å²) in [6.07, 6.45) is 5.47. The molecule has 11 heteroatoms. The minimum absolute atomic E-state index is 0.138. The van der Waals surface area contributed by atoms with Crippen molar-refractivity contribution in [1.29, 1.82) is 0 Å². The highest BCUT2D eigenvalue weighted by atomic mass is 16.6. The lowest BCUT2D eigenvalue weighted by atomic mass is 9.87. The van der Waals surface area contributed by atoms with E-state index in [1.807, 2.05) is 36.4 Å². The summed E-state index contributed by atoms with van der Waals surface area (Å²) in [5.41, 5.74) is 1.81. The first-order chi connectivity index (χ1) is 16.8. The maximum atomic E-state index is 13.6. The number of hydroxylamine groups is 1. The standard InChI is InChI=1S/C24H30N4O7/c1-25-20(29)19(21(30)26-33)27(2)22(31)24(35-15-6-13-28-14-16-34-23(28)32)11-9-18(10-12-24)17-7-4-3-5-8-17/h3-5,7-11,19,33H,6,12-16H2,1-2H3,(H,25,29)(H,26,30). The van der Waals surface area contributed by atoms with E-state index in [2.05, 4.69) is 5.32 Å². The summed E-state index contributed by atoms with van der Waals surface area (Å²) in [4.78, 5) is 52.3. The molecule has 1 aliphatic carbocycles. The van der Waals surface area contributed by atoms with Crippen LogP contribution in [0.25, 0.3) is 5.57 Å². The maximum Gasteiger partial charge on any atom is 0.409 e. The van der Waals surface area contributed by atoms with Gasteiger partial charge in [0.15, 0.2) is 11.6 Å². The molecule has 11 nitrogen and oxygen atoms in total. The second-order valence-corrected chi connectivity index (χ2v) is 8.16. The van der Waals surface area contributed by atoms with E-state index in [-0.39, 0.29) is 19.1 Å². The first-order valence-corrected chi connectivity index (χ1v) is 11.3. The topological polar surface area (TPSA) is 138 Å². The van der Waals surface area contributed by atoms with Crippen LogP contribution in [0.5, 0.6) is 0 Å². The molecule has 1 aromatic rings. The van der Waals surface area contributed by atoms with Crippen LogP contribution in [0.1, 0.15) is 18.4 Å². The highest BCUT2D eigenvalue weighted by molar-refractivity contribution is 6.07. The number of nitrogens with zero attached hydrogens (tertiary/aromatic N) is 2. The van der Waals surface area contributed by atoms with Crippen LogP contribution in [-0.2, 0) is 23.9 Å². The molecule has 4 amide bonds. The number of hydrogen-bond acceptors (Lipinski definition) is 7. The first kappa shape index (κ1) is 25.9. The molecule has 2 aliphatic rings. The van der Waals surface area contributed by atoms with Crippen LogP contribution in [-0.4, -0.2) is 90.9 Å². The van der Waals surface area contributed by atoms with Gasteiger partial charge in [0.25, 0.3) is 17.7 Å². The minimum atomic E-state index is -1.61. The van der Waals surface area contributed by atoms with Crippen LogP contribution >= 0.6 is 0 Å². The number of likely N-dealkylation sites (N-methyl/N-ethyl adjacent to an activating group) is 2.